The normalized spacial score (nSPS) is 18.5. The highest BCUT2D eigenvalue weighted by Gasteiger charge is 2.19. The lowest BCUT2D eigenvalue weighted by molar-refractivity contribution is 0.126. The van der Waals surface area contributed by atoms with Crippen LogP contribution in [0.1, 0.15) is 18.4 Å². The van der Waals surface area contributed by atoms with Gasteiger partial charge in [-0.15, -0.1) is 0 Å². The number of halogens is 2. The Morgan fingerprint density at radius 1 is 1.24 bits per heavy atom. The van der Waals surface area contributed by atoms with Crippen molar-refractivity contribution in [2.24, 2.45) is 5.92 Å². The summed E-state index contributed by atoms with van der Waals surface area (Å²) >= 11 is 0. The first-order chi connectivity index (χ1) is 8.19. The monoisotopic (exact) mass is 241 g/mol. The van der Waals surface area contributed by atoms with Crippen LogP contribution in [0.2, 0.25) is 0 Å². The molecule has 0 aromatic heterocycles. The summed E-state index contributed by atoms with van der Waals surface area (Å²) in [5, 5.41) is 9.02. The second-order valence-electron chi connectivity index (χ2n) is 4.64. The SMILES string of the molecule is OCC1CCN(Cc2cc(F)ccc2F)CC1. The van der Waals surface area contributed by atoms with Crippen molar-refractivity contribution in [1.82, 2.24) is 4.90 Å². The highest BCUT2D eigenvalue weighted by atomic mass is 19.1. The number of nitrogens with zero attached hydrogens (tertiary/aromatic N) is 1. The standard InChI is InChI=1S/C13H17F2NO/c14-12-1-2-13(15)11(7-12)8-16-5-3-10(9-17)4-6-16/h1-2,7,10,17H,3-6,8-9H2. The molecular formula is C13H17F2NO. The number of likely N-dealkylation sites (tertiary alicyclic amines) is 1. The quantitative estimate of drug-likeness (QED) is 0.876. The first-order valence-corrected chi connectivity index (χ1v) is 5.96. The zero-order valence-corrected chi connectivity index (χ0v) is 9.70. The van der Waals surface area contributed by atoms with Gasteiger partial charge in [0.1, 0.15) is 11.6 Å². The van der Waals surface area contributed by atoms with Gasteiger partial charge in [-0.25, -0.2) is 8.78 Å². The van der Waals surface area contributed by atoms with E-state index in [4.69, 9.17) is 5.11 Å². The van der Waals surface area contributed by atoms with Crippen LogP contribution in [0.25, 0.3) is 0 Å². The Balaban J connectivity index is 1.95. The summed E-state index contributed by atoms with van der Waals surface area (Å²) < 4.78 is 26.4. The third-order valence-electron chi connectivity index (χ3n) is 3.37. The largest absolute Gasteiger partial charge is 0.396 e. The minimum Gasteiger partial charge on any atom is -0.396 e. The lowest BCUT2D eigenvalue weighted by Crippen LogP contribution is -2.34. The number of rotatable bonds is 3. The van der Waals surface area contributed by atoms with E-state index in [0.29, 0.717) is 18.0 Å². The van der Waals surface area contributed by atoms with Gasteiger partial charge in [-0.05, 0) is 50.0 Å². The minimum absolute atomic E-state index is 0.224. The minimum atomic E-state index is -0.397. The van der Waals surface area contributed by atoms with Crippen LogP contribution in [0, 0.1) is 17.6 Å². The van der Waals surface area contributed by atoms with Gasteiger partial charge in [0.15, 0.2) is 0 Å². The second kappa shape index (κ2) is 5.56. The van der Waals surface area contributed by atoms with Gasteiger partial charge in [0.05, 0.1) is 0 Å². The lowest BCUT2D eigenvalue weighted by Gasteiger charge is -2.31. The molecule has 1 aromatic rings. The summed E-state index contributed by atoms with van der Waals surface area (Å²) in [7, 11) is 0. The average Bonchev–Trinajstić information content (AvgIpc) is 2.35. The Labute approximate surface area is 99.9 Å². The van der Waals surface area contributed by atoms with E-state index in [-0.39, 0.29) is 12.4 Å². The fourth-order valence-corrected chi connectivity index (χ4v) is 2.23. The van der Waals surface area contributed by atoms with Crippen molar-refractivity contribution in [1.29, 1.82) is 0 Å². The van der Waals surface area contributed by atoms with Gasteiger partial charge in [0.25, 0.3) is 0 Å². The van der Waals surface area contributed by atoms with Crippen LogP contribution in [0.3, 0.4) is 0 Å². The van der Waals surface area contributed by atoms with E-state index in [9.17, 15) is 8.78 Å². The van der Waals surface area contributed by atoms with E-state index in [0.717, 1.165) is 32.0 Å². The van der Waals surface area contributed by atoms with E-state index in [1.807, 2.05) is 0 Å². The molecule has 2 rings (SSSR count). The maximum atomic E-state index is 13.4. The van der Waals surface area contributed by atoms with Crippen LogP contribution in [-0.4, -0.2) is 29.7 Å². The maximum absolute atomic E-state index is 13.4. The molecule has 1 aliphatic rings. The molecule has 0 aliphatic carbocycles. The van der Waals surface area contributed by atoms with Gasteiger partial charge in [-0.2, -0.15) is 0 Å². The molecule has 0 amide bonds. The predicted molar refractivity (Wildman–Crippen MR) is 61.4 cm³/mol. The molecule has 2 nitrogen and oxygen atoms in total. The van der Waals surface area contributed by atoms with Gasteiger partial charge < -0.3 is 5.11 Å². The predicted octanol–water partition coefficient (Wildman–Crippen LogP) is 2.17. The Bertz CT molecular complexity index is 376. The molecule has 1 fully saturated rings. The van der Waals surface area contributed by atoms with Crippen molar-refractivity contribution in [2.45, 2.75) is 19.4 Å². The zero-order chi connectivity index (χ0) is 12.3. The van der Waals surface area contributed by atoms with E-state index >= 15 is 0 Å². The number of hydrogen-bond donors (Lipinski definition) is 1. The van der Waals surface area contributed by atoms with Crippen molar-refractivity contribution in [3.63, 3.8) is 0 Å². The molecule has 17 heavy (non-hydrogen) atoms. The molecule has 0 bridgehead atoms. The number of aliphatic hydroxyl groups is 1. The lowest BCUT2D eigenvalue weighted by atomic mass is 9.97. The summed E-state index contributed by atoms with van der Waals surface area (Å²) in [5.74, 6) is -0.383. The van der Waals surface area contributed by atoms with Crippen LogP contribution in [0.15, 0.2) is 18.2 Å². The van der Waals surface area contributed by atoms with Crippen molar-refractivity contribution < 1.29 is 13.9 Å². The van der Waals surface area contributed by atoms with Crippen LogP contribution < -0.4 is 0 Å². The molecule has 1 aliphatic heterocycles. The van der Waals surface area contributed by atoms with Gasteiger partial charge in [0, 0.05) is 18.7 Å². The molecule has 0 atom stereocenters. The molecule has 0 radical (unpaired) electrons. The number of benzene rings is 1. The third-order valence-corrected chi connectivity index (χ3v) is 3.37. The molecule has 1 aromatic carbocycles. The van der Waals surface area contributed by atoms with E-state index in [1.54, 1.807) is 0 Å². The molecular weight excluding hydrogens is 224 g/mol. The first-order valence-electron chi connectivity index (χ1n) is 5.96. The zero-order valence-electron chi connectivity index (χ0n) is 9.70. The fourth-order valence-electron chi connectivity index (χ4n) is 2.23. The van der Waals surface area contributed by atoms with Crippen LogP contribution >= 0.6 is 0 Å². The molecule has 1 heterocycles. The first kappa shape index (κ1) is 12.5. The number of aliphatic hydroxyl groups excluding tert-OH is 1. The fraction of sp³-hybridized carbons (Fsp3) is 0.538. The van der Waals surface area contributed by atoms with Crippen LogP contribution in [-0.2, 0) is 6.54 Å². The summed E-state index contributed by atoms with van der Waals surface area (Å²) in [6.45, 7) is 2.34. The van der Waals surface area contributed by atoms with E-state index < -0.39 is 5.82 Å². The number of hydrogen-bond acceptors (Lipinski definition) is 2. The Hall–Kier alpha value is -1.00. The second-order valence-corrected chi connectivity index (χ2v) is 4.64. The van der Waals surface area contributed by atoms with Crippen molar-refractivity contribution in [3.05, 3.63) is 35.4 Å². The highest BCUT2D eigenvalue weighted by Crippen LogP contribution is 2.19. The van der Waals surface area contributed by atoms with Crippen molar-refractivity contribution >= 4 is 0 Å². The van der Waals surface area contributed by atoms with Gasteiger partial charge in [-0.3, -0.25) is 4.90 Å². The Morgan fingerprint density at radius 2 is 1.94 bits per heavy atom. The molecule has 1 N–H and O–H groups in total. The van der Waals surface area contributed by atoms with E-state index in [1.165, 1.54) is 12.1 Å². The molecule has 0 saturated carbocycles. The summed E-state index contributed by atoms with van der Waals surface area (Å²) in [4.78, 5) is 2.10. The highest BCUT2D eigenvalue weighted by molar-refractivity contribution is 5.18. The summed E-state index contributed by atoms with van der Waals surface area (Å²) in [6, 6.07) is 3.56. The summed E-state index contributed by atoms with van der Waals surface area (Å²) in [6.07, 6.45) is 1.85. The molecule has 0 spiro atoms. The molecule has 1 saturated heterocycles. The van der Waals surface area contributed by atoms with Crippen LogP contribution in [0.5, 0.6) is 0 Å². The Kier molecular flexibility index (Phi) is 4.07. The molecule has 4 heteroatoms. The van der Waals surface area contributed by atoms with E-state index in [2.05, 4.69) is 4.90 Å². The van der Waals surface area contributed by atoms with Gasteiger partial charge >= 0.3 is 0 Å². The molecule has 0 unspecified atom stereocenters. The summed E-state index contributed by atoms with van der Waals surface area (Å²) in [5.41, 5.74) is 0.410. The smallest absolute Gasteiger partial charge is 0.127 e. The van der Waals surface area contributed by atoms with Crippen molar-refractivity contribution in [3.8, 4) is 0 Å². The topological polar surface area (TPSA) is 23.5 Å². The third kappa shape index (κ3) is 3.23. The van der Waals surface area contributed by atoms with Gasteiger partial charge in [0.2, 0.25) is 0 Å². The number of piperidine rings is 1. The Morgan fingerprint density at radius 3 is 2.59 bits per heavy atom. The van der Waals surface area contributed by atoms with Gasteiger partial charge in [-0.1, -0.05) is 0 Å². The maximum Gasteiger partial charge on any atom is 0.127 e. The van der Waals surface area contributed by atoms with Crippen molar-refractivity contribution in [2.75, 3.05) is 19.7 Å². The average molecular weight is 241 g/mol. The van der Waals surface area contributed by atoms with Crippen LogP contribution in [0.4, 0.5) is 8.78 Å². The molecule has 94 valence electrons.